The van der Waals surface area contributed by atoms with Crippen LogP contribution < -0.4 is 10.0 Å². The summed E-state index contributed by atoms with van der Waals surface area (Å²) in [6.45, 7) is 6.19. The lowest BCUT2D eigenvalue weighted by atomic mass is 9.94. The maximum Gasteiger partial charge on any atom is 0.243 e. The third-order valence-electron chi connectivity index (χ3n) is 6.68. The van der Waals surface area contributed by atoms with Gasteiger partial charge in [-0.05, 0) is 50.7 Å². The van der Waals surface area contributed by atoms with Crippen LogP contribution in [0.2, 0.25) is 0 Å². The van der Waals surface area contributed by atoms with Crippen LogP contribution in [0.3, 0.4) is 0 Å². The van der Waals surface area contributed by atoms with Gasteiger partial charge in [-0.25, -0.2) is 13.1 Å². The van der Waals surface area contributed by atoms with Crippen molar-refractivity contribution >= 4 is 21.8 Å². The van der Waals surface area contributed by atoms with Crippen LogP contribution in [0, 0.1) is 12.8 Å². The van der Waals surface area contributed by atoms with E-state index in [9.17, 15) is 18.0 Å². The highest BCUT2D eigenvalue weighted by atomic mass is 32.2. The predicted octanol–water partition coefficient (Wildman–Crippen LogP) is 2.75. The van der Waals surface area contributed by atoms with E-state index in [0.717, 1.165) is 44.1 Å². The second kappa shape index (κ2) is 12.1. The number of hydrogen-bond donors (Lipinski definition) is 2. The number of ether oxygens (including phenoxy) is 1. The van der Waals surface area contributed by atoms with Gasteiger partial charge in [0.05, 0.1) is 17.5 Å². The molecule has 0 unspecified atom stereocenters. The summed E-state index contributed by atoms with van der Waals surface area (Å²) in [5.74, 6) is -0.735. The molecule has 9 heteroatoms. The minimum atomic E-state index is -3.85. The van der Waals surface area contributed by atoms with Crippen LogP contribution in [-0.2, 0) is 24.3 Å². The minimum Gasteiger partial charge on any atom is -0.376 e. The van der Waals surface area contributed by atoms with Gasteiger partial charge in [0.1, 0.15) is 6.04 Å². The van der Waals surface area contributed by atoms with Crippen LogP contribution in [0.25, 0.3) is 0 Å². The number of sulfonamides is 1. The van der Waals surface area contributed by atoms with Gasteiger partial charge in [0, 0.05) is 19.2 Å². The van der Waals surface area contributed by atoms with Crippen molar-refractivity contribution in [2.24, 2.45) is 5.92 Å². The molecule has 34 heavy (non-hydrogen) atoms. The van der Waals surface area contributed by atoms with Crippen molar-refractivity contribution in [2.75, 3.05) is 19.7 Å². The number of nitrogens with zero attached hydrogens (tertiary/aromatic N) is 1. The van der Waals surface area contributed by atoms with Crippen LogP contribution >= 0.6 is 0 Å². The Morgan fingerprint density at radius 3 is 2.32 bits per heavy atom. The van der Waals surface area contributed by atoms with Gasteiger partial charge in [-0.1, -0.05) is 50.8 Å². The monoisotopic (exact) mass is 493 g/mol. The summed E-state index contributed by atoms with van der Waals surface area (Å²) < 4.78 is 33.6. The molecule has 2 N–H and O–H groups in total. The van der Waals surface area contributed by atoms with E-state index in [4.69, 9.17) is 4.74 Å². The molecule has 1 aromatic carbocycles. The van der Waals surface area contributed by atoms with Crippen LogP contribution in [0.1, 0.15) is 64.4 Å². The highest BCUT2D eigenvalue weighted by molar-refractivity contribution is 7.89. The highest BCUT2D eigenvalue weighted by Crippen LogP contribution is 2.21. The highest BCUT2D eigenvalue weighted by Gasteiger charge is 2.36. The second-order valence-corrected chi connectivity index (χ2v) is 11.6. The Labute approximate surface area is 203 Å². The number of carbonyl (C=O) groups is 2. The largest absolute Gasteiger partial charge is 0.376 e. The van der Waals surface area contributed by atoms with Crippen LogP contribution in [0.15, 0.2) is 29.2 Å². The summed E-state index contributed by atoms with van der Waals surface area (Å²) in [5, 5.41) is 3.15. The summed E-state index contributed by atoms with van der Waals surface area (Å²) in [6, 6.07) is 5.89. The van der Waals surface area contributed by atoms with Gasteiger partial charge in [-0.2, -0.15) is 0 Å². The fraction of sp³-hybridized carbons (Fsp3) is 0.680. The van der Waals surface area contributed by atoms with E-state index in [0.29, 0.717) is 6.61 Å². The van der Waals surface area contributed by atoms with Crippen LogP contribution in [-0.4, -0.2) is 63.0 Å². The van der Waals surface area contributed by atoms with E-state index in [2.05, 4.69) is 10.0 Å². The molecule has 1 aliphatic heterocycles. The summed E-state index contributed by atoms with van der Waals surface area (Å²) in [7, 11) is -3.85. The molecular formula is C25H39N3O5S. The lowest BCUT2D eigenvalue weighted by molar-refractivity contribution is -0.143. The smallest absolute Gasteiger partial charge is 0.243 e. The summed E-state index contributed by atoms with van der Waals surface area (Å²) in [4.78, 5) is 28.3. The topological polar surface area (TPSA) is 105 Å². The maximum atomic E-state index is 13.4. The lowest BCUT2D eigenvalue weighted by Crippen LogP contribution is -2.57. The lowest BCUT2D eigenvalue weighted by Gasteiger charge is -2.36. The first kappa shape index (κ1) is 26.6. The summed E-state index contributed by atoms with van der Waals surface area (Å²) in [6.07, 6.45) is 6.85. The summed E-state index contributed by atoms with van der Waals surface area (Å²) >= 11 is 0. The van der Waals surface area contributed by atoms with E-state index < -0.39 is 28.5 Å². The average Bonchev–Trinajstić information content (AvgIpc) is 3.31. The van der Waals surface area contributed by atoms with Crippen molar-refractivity contribution in [3.8, 4) is 0 Å². The Balaban J connectivity index is 1.74. The molecule has 0 spiro atoms. The van der Waals surface area contributed by atoms with Crippen LogP contribution in [0.5, 0.6) is 0 Å². The van der Waals surface area contributed by atoms with E-state index in [1.807, 2.05) is 20.8 Å². The molecule has 2 aliphatic rings. The molecule has 190 valence electrons. The van der Waals surface area contributed by atoms with Gasteiger partial charge in [-0.15, -0.1) is 0 Å². The Morgan fingerprint density at radius 2 is 1.74 bits per heavy atom. The first-order chi connectivity index (χ1) is 16.2. The van der Waals surface area contributed by atoms with Gasteiger partial charge in [0.15, 0.2) is 0 Å². The number of nitrogens with one attached hydrogen (secondary N) is 2. The minimum absolute atomic E-state index is 0.104. The number of benzene rings is 1. The Hall–Kier alpha value is -1.97. The molecule has 1 saturated carbocycles. The van der Waals surface area contributed by atoms with Gasteiger partial charge < -0.3 is 15.0 Å². The van der Waals surface area contributed by atoms with Crippen molar-refractivity contribution in [3.63, 3.8) is 0 Å². The molecule has 1 aliphatic carbocycles. The Kier molecular flexibility index (Phi) is 9.50. The van der Waals surface area contributed by atoms with E-state index in [1.54, 1.807) is 12.1 Å². The Bertz CT molecular complexity index is 920. The van der Waals surface area contributed by atoms with Crippen molar-refractivity contribution in [2.45, 2.75) is 88.8 Å². The van der Waals surface area contributed by atoms with Gasteiger partial charge in [-0.3, -0.25) is 9.59 Å². The quantitative estimate of drug-likeness (QED) is 0.522. The molecular weight excluding hydrogens is 454 g/mol. The first-order valence-electron chi connectivity index (χ1n) is 12.4. The third kappa shape index (κ3) is 7.26. The van der Waals surface area contributed by atoms with Crippen molar-refractivity contribution in [1.29, 1.82) is 0 Å². The molecule has 2 fully saturated rings. The molecule has 8 nitrogen and oxygen atoms in total. The van der Waals surface area contributed by atoms with Gasteiger partial charge in [0.25, 0.3) is 0 Å². The Morgan fingerprint density at radius 1 is 1.06 bits per heavy atom. The first-order valence-corrected chi connectivity index (χ1v) is 13.9. The fourth-order valence-electron chi connectivity index (χ4n) is 4.77. The van der Waals surface area contributed by atoms with E-state index in [-0.39, 0.29) is 35.4 Å². The van der Waals surface area contributed by atoms with Crippen molar-refractivity contribution < 1.29 is 22.7 Å². The zero-order chi connectivity index (χ0) is 24.7. The molecule has 0 bridgehead atoms. The molecule has 1 aromatic rings. The van der Waals surface area contributed by atoms with Crippen LogP contribution in [0.4, 0.5) is 0 Å². The number of hydrogen-bond acceptors (Lipinski definition) is 5. The SMILES string of the molecule is Cc1ccc(S(=O)(=O)NCC(=O)N(C[C@@H]2CCCO2)[C@H](C(=O)NC2CCCCC2)C(C)C)cc1. The zero-order valence-corrected chi connectivity index (χ0v) is 21.4. The standard InChI is InChI=1S/C25H39N3O5S/c1-18(2)24(25(30)27-20-8-5-4-6-9-20)28(17-21-10-7-15-33-21)23(29)16-26-34(31,32)22-13-11-19(3)12-14-22/h11-14,18,20-21,24,26H,4-10,15-17H2,1-3H3,(H,27,30)/t21-,24-/m0/s1. The number of carbonyl (C=O) groups excluding carboxylic acids is 2. The summed E-state index contributed by atoms with van der Waals surface area (Å²) in [5.41, 5.74) is 0.946. The van der Waals surface area contributed by atoms with Gasteiger partial charge in [0.2, 0.25) is 21.8 Å². The zero-order valence-electron chi connectivity index (χ0n) is 20.6. The molecule has 2 amide bonds. The molecule has 1 heterocycles. The normalized spacial score (nSPS) is 20.3. The van der Waals surface area contributed by atoms with E-state index in [1.165, 1.54) is 23.5 Å². The van der Waals surface area contributed by atoms with Gasteiger partial charge >= 0.3 is 0 Å². The molecule has 3 rings (SSSR count). The third-order valence-corrected chi connectivity index (χ3v) is 8.09. The maximum absolute atomic E-state index is 13.4. The predicted molar refractivity (Wildman–Crippen MR) is 131 cm³/mol. The number of rotatable bonds is 10. The van der Waals surface area contributed by atoms with Crippen molar-refractivity contribution in [1.82, 2.24) is 14.9 Å². The fourth-order valence-corrected chi connectivity index (χ4v) is 5.75. The number of amides is 2. The molecule has 1 saturated heterocycles. The molecule has 0 radical (unpaired) electrons. The van der Waals surface area contributed by atoms with Crippen molar-refractivity contribution in [3.05, 3.63) is 29.8 Å². The average molecular weight is 494 g/mol. The van der Waals surface area contributed by atoms with E-state index >= 15 is 0 Å². The molecule has 0 aromatic heterocycles. The molecule has 2 atom stereocenters. The second-order valence-electron chi connectivity index (χ2n) is 9.85. The number of aryl methyl sites for hydroxylation is 1.